The van der Waals surface area contributed by atoms with Gasteiger partial charge >= 0.3 is 0 Å². The smallest absolute Gasteiger partial charge is 0.251 e. The number of carbonyl (C=O) groups is 1. The number of benzene rings is 3. The van der Waals surface area contributed by atoms with Crippen molar-refractivity contribution in [1.29, 1.82) is 0 Å². The van der Waals surface area contributed by atoms with E-state index in [9.17, 15) is 4.79 Å². The molecular weight excluding hydrogens is 374 g/mol. The van der Waals surface area contributed by atoms with Crippen LogP contribution in [0.5, 0.6) is 11.5 Å². The van der Waals surface area contributed by atoms with Crippen LogP contribution in [0.25, 0.3) is 22.0 Å². The lowest BCUT2D eigenvalue weighted by molar-refractivity contribution is 0.100. The number of carbonyl (C=O) groups excluding carboxylic acids is 1. The number of nitrogens with one attached hydrogen (secondary N) is 1. The standard InChI is InChI=1S/C25H23N3O2/c26-25(29)23-21(14-20(16-6-4-5-7-16)22-15-27-28-24(22)23)17-10-12-19(13-11-17)30-18-8-2-1-3-9-18/h1-3,8-16H,4-7H2,(H2,26,29)(H,27,28). The molecule has 3 N–H and O–H groups in total. The minimum atomic E-state index is -0.457. The summed E-state index contributed by atoms with van der Waals surface area (Å²) in [6.45, 7) is 0. The SMILES string of the molecule is NC(=O)c1c(-c2ccc(Oc3ccccc3)cc2)cc(C2CCCC2)c2cn[nH]c12. The lowest BCUT2D eigenvalue weighted by Crippen LogP contribution is -2.14. The second kappa shape index (κ2) is 7.67. The van der Waals surface area contributed by atoms with Crippen LogP contribution in [0.1, 0.15) is 47.5 Å². The zero-order chi connectivity index (χ0) is 20.5. The quantitative estimate of drug-likeness (QED) is 0.448. The van der Waals surface area contributed by atoms with Crippen molar-refractivity contribution in [3.8, 4) is 22.6 Å². The van der Waals surface area contributed by atoms with E-state index in [4.69, 9.17) is 10.5 Å². The molecule has 0 saturated heterocycles. The van der Waals surface area contributed by atoms with Crippen LogP contribution in [-0.2, 0) is 0 Å². The first-order valence-corrected chi connectivity index (χ1v) is 10.3. The Hall–Kier alpha value is -3.60. The van der Waals surface area contributed by atoms with Crippen molar-refractivity contribution in [2.45, 2.75) is 31.6 Å². The van der Waals surface area contributed by atoms with E-state index < -0.39 is 5.91 Å². The third kappa shape index (κ3) is 3.32. The summed E-state index contributed by atoms with van der Waals surface area (Å²) in [7, 11) is 0. The van der Waals surface area contributed by atoms with E-state index in [1.165, 1.54) is 31.2 Å². The Morgan fingerprint density at radius 2 is 1.70 bits per heavy atom. The number of nitrogens with two attached hydrogens (primary N) is 1. The molecule has 30 heavy (non-hydrogen) atoms. The number of hydrogen-bond acceptors (Lipinski definition) is 3. The van der Waals surface area contributed by atoms with Crippen molar-refractivity contribution >= 4 is 16.8 Å². The monoisotopic (exact) mass is 397 g/mol. The predicted molar refractivity (Wildman–Crippen MR) is 118 cm³/mol. The molecule has 1 saturated carbocycles. The van der Waals surface area contributed by atoms with Gasteiger partial charge in [-0.25, -0.2) is 0 Å². The number of amides is 1. The van der Waals surface area contributed by atoms with E-state index in [0.717, 1.165) is 33.5 Å². The number of aromatic amines is 1. The first-order chi connectivity index (χ1) is 14.7. The fraction of sp³-hybridized carbons (Fsp3) is 0.200. The van der Waals surface area contributed by atoms with Gasteiger partial charge in [-0.3, -0.25) is 9.89 Å². The molecule has 0 spiro atoms. The molecule has 5 nitrogen and oxygen atoms in total. The number of para-hydroxylation sites is 1. The maximum atomic E-state index is 12.4. The molecule has 0 unspecified atom stereocenters. The molecule has 0 radical (unpaired) electrons. The molecular formula is C25H23N3O2. The van der Waals surface area contributed by atoms with Crippen LogP contribution in [0.4, 0.5) is 0 Å². The third-order valence-electron chi connectivity index (χ3n) is 5.96. The minimum Gasteiger partial charge on any atom is -0.457 e. The number of H-pyrrole nitrogens is 1. The first-order valence-electron chi connectivity index (χ1n) is 10.3. The molecule has 1 aliphatic carbocycles. The number of rotatable bonds is 5. The first kappa shape index (κ1) is 18.4. The molecule has 1 heterocycles. The van der Waals surface area contributed by atoms with Gasteiger partial charge in [0.1, 0.15) is 11.5 Å². The lowest BCUT2D eigenvalue weighted by Gasteiger charge is -2.16. The molecule has 0 aliphatic heterocycles. The van der Waals surface area contributed by atoms with Crippen LogP contribution in [0, 0.1) is 0 Å². The number of primary amides is 1. The van der Waals surface area contributed by atoms with Crippen molar-refractivity contribution in [2.24, 2.45) is 5.73 Å². The third-order valence-corrected chi connectivity index (χ3v) is 5.96. The Kier molecular flexibility index (Phi) is 4.71. The number of aromatic nitrogens is 2. The number of hydrogen-bond donors (Lipinski definition) is 2. The van der Waals surface area contributed by atoms with Crippen LogP contribution in [-0.4, -0.2) is 16.1 Å². The van der Waals surface area contributed by atoms with Crippen LogP contribution in [0.2, 0.25) is 0 Å². The summed E-state index contributed by atoms with van der Waals surface area (Å²) in [4.78, 5) is 12.4. The van der Waals surface area contributed by atoms with Gasteiger partial charge < -0.3 is 10.5 Å². The molecule has 1 aromatic heterocycles. The van der Waals surface area contributed by atoms with Crippen molar-refractivity contribution in [3.05, 3.63) is 78.0 Å². The predicted octanol–water partition coefficient (Wildman–Crippen LogP) is 5.78. The second-order valence-electron chi connectivity index (χ2n) is 7.83. The van der Waals surface area contributed by atoms with Crippen molar-refractivity contribution < 1.29 is 9.53 Å². The molecule has 5 heteroatoms. The highest BCUT2D eigenvalue weighted by Crippen LogP contribution is 2.41. The number of nitrogens with zero attached hydrogens (tertiary/aromatic N) is 1. The maximum absolute atomic E-state index is 12.4. The van der Waals surface area contributed by atoms with E-state index in [-0.39, 0.29) is 0 Å². The van der Waals surface area contributed by atoms with Gasteiger partial charge in [0.2, 0.25) is 0 Å². The van der Waals surface area contributed by atoms with Crippen molar-refractivity contribution in [1.82, 2.24) is 10.2 Å². The van der Waals surface area contributed by atoms with E-state index in [0.29, 0.717) is 11.5 Å². The Balaban J connectivity index is 1.59. The van der Waals surface area contributed by atoms with Gasteiger partial charge in [0.25, 0.3) is 5.91 Å². The Morgan fingerprint density at radius 3 is 2.40 bits per heavy atom. The van der Waals surface area contributed by atoms with E-state index in [1.54, 1.807) is 0 Å². The van der Waals surface area contributed by atoms with Gasteiger partial charge in [-0.05, 0) is 65.8 Å². The van der Waals surface area contributed by atoms with Crippen LogP contribution in [0.3, 0.4) is 0 Å². The van der Waals surface area contributed by atoms with E-state index in [2.05, 4.69) is 16.3 Å². The minimum absolute atomic E-state index is 0.457. The summed E-state index contributed by atoms with van der Waals surface area (Å²) >= 11 is 0. The second-order valence-corrected chi connectivity index (χ2v) is 7.83. The summed E-state index contributed by atoms with van der Waals surface area (Å²) in [6, 6.07) is 19.6. The highest BCUT2D eigenvalue weighted by Gasteiger charge is 2.25. The maximum Gasteiger partial charge on any atom is 0.251 e. The molecule has 0 bridgehead atoms. The molecule has 4 aromatic rings. The fourth-order valence-electron chi connectivity index (χ4n) is 4.52. The Labute approximate surface area is 174 Å². The Bertz CT molecular complexity index is 1190. The average Bonchev–Trinajstić information content (AvgIpc) is 3.46. The number of fused-ring (bicyclic) bond motifs is 1. The zero-order valence-electron chi connectivity index (χ0n) is 16.6. The van der Waals surface area contributed by atoms with Crippen LogP contribution in [0.15, 0.2) is 66.9 Å². The summed E-state index contributed by atoms with van der Waals surface area (Å²) in [5.41, 5.74) is 10.0. The molecule has 0 atom stereocenters. The molecule has 3 aromatic carbocycles. The highest BCUT2D eigenvalue weighted by molar-refractivity contribution is 6.11. The summed E-state index contributed by atoms with van der Waals surface area (Å²) in [6.07, 6.45) is 6.62. The topological polar surface area (TPSA) is 81.0 Å². The fourth-order valence-corrected chi connectivity index (χ4v) is 4.52. The highest BCUT2D eigenvalue weighted by atomic mass is 16.5. The van der Waals surface area contributed by atoms with Gasteiger partial charge in [0.15, 0.2) is 0 Å². The van der Waals surface area contributed by atoms with Crippen LogP contribution < -0.4 is 10.5 Å². The normalized spacial score (nSPS) is 14.3. The average molecular weight is 397 g/mol. The molecule has 150 valence electrons. The van der Waals surface area contributed by atoms with Crippen molar-refractivity contribution in [2.75, 3.05) is 0 Å². The summed E-state index contributed by atoms with van der Waals surface area (Å²) in [5, 5.41) is 8.23. The molecule has 1 aliphatic rings. The van der Waals surface area contributed by atoms with E-state index >= 15 is 0 Å². The summed E-state index contributed by atoms with van der Waals surface area (Å²) < 4.78 is 5.90. The molecule has 5 rings (SSSR count). The van der Waals surface area contributed by atoms with Crippen molar-refractivity contribution in [3.63, 3.8) is 0 Å². The van der Waals surface area contributed by atoms with Gasteiger partial charge in [0, 0.05) is 5.39 Å². The zero-order valence-corrected chi connectivity index (χ0v) is 16.6. The Morgan fingerprint density at radius 1 is 1.00 bits per heavy atom. The molecule has 1 amide bonds. The van der Waals surface area contributed by atoms with Gasteiger partial charge in [0.05, 0.1) is 17.3 Å². The number of ether oxygens (including phenoxy) is 1. The van der Waals surface area contributed by atoms with E-state index in [1.807, 2.05) is 60.8 Å². The van der Waals surface area contributed by atoms with Gasteiger partial charge in [-0.1, -0.05) is 43.2 Å². The molecule has 1 fully saturated rings. The van der Waals surface area contributed by atoms with Gasteiger partial charge in [-0.15, -0.1) is 0 Å². The summed E-state index contributed by atoms with van der Waals surface area (Å²) in [5.74, 6) is 1.56. The van der Waals surface area contributed by atoms with Gasteiger partial charge in [-0.2, -0.15) is 5.10 Å². The lowest BCUT2D eigenvalue weighted by atomic mass is 9.88. The van der Waals surface area contributed by atoms with Crippen LogP contribution >= 0.6 is 0 Å². The largest absolute Gasteiger partial charge is 0.457 e.